The van der Waals surface area contributed by atoms with Crippen molar-refractivity contribution < 1.29 is 24.0 Å². The number of hydrogen-bond donors (Lipinski definition) is 0. The zero-order chi connectivity index (χ0) is 24.2. The molecule has 0 bridgehead atoms. The summed E-state index contributed by atoms with van der Waals surface area (Å²) in [6.07, 6.45) is 5.25. The zero-order valence-corrected chi connectivity index (χ0v) is 19.0. The monoisotopic (exact) mass is 465 g/mol. The fraction of sp³-hybridized carbons (Fsp3) is 0.400. The predicted octanol–water partition coefficient (Wildman–Crippen LogP) is 4.10. The first-order valence-corrected chi connectivity index (χ1v) is 11.5. The fourth-order valence-corrected chi connectivity index (χ4v) is 4.84. The van der Waals surface area contributed by atoms with Crippen LogP contribution in [0.5, 0.6) is 5.75 Å². The molecule has 34 heavy (non-hydrogen) atoms. The van der Waals surface area contributed by atoms with Crippen LogP contribution >= 0.6 is 0 Å². The van der Waals surface area contributed by atoms with Gasteiger partial charge in [-0.05, 0) is 43.2 Å². The van der Waals surface area contributed by atoms with Gasteiger partial charge in [-0.25, -0.2) is 4.90 Å². The van der Waals surface area contributed by atoms with Crippen molar-refractivity contribution in [1.29, 1.82) is 0 Å². The molecule has 3 amide bonds. The molecule has 9 heteroatoms. The third-order valence-electron chi connectivity index (χ3n) is 6.55. The lowest BCUT2D eigenvalue weighted by Gasteiger charge is -2.35. The molecular formula is C25H27N3O6. The summed E-state index contributed by atoms with van der Waals surface area (Å²) < 4.78 is 5.15. The van der Waals surface area contributed by atoms with Gasteiger partial charge in [-0.2, -0.15) is 0 Å². The number of nitro groups is 1. The third kappa shape index (κ3) is 4.64. The molecule has 2 aliphatic rings. The zero-order valence-electron chi connectivity index (χ0n) is 19.0. The number of nitrogens with zero attached hydrogens (tertiary/aromatic N) is 3. The van der Waals surface area contributed by atoms with Gasteiger partial charge in [-0.1, -0.05) is 31.7 Å². The van der Waals surface area contributed by atoms with Gasteiger partial charge in [-0.3, -0.25) is 24.5 Å². The largest absolute Gasteiger partial charge is 0.497 e. The Kier molecular flexibility index (Phi) is 6.90. The second kappa shape index (κ2) is 10.0. The third-order valence-corrected chi connectivity index (χ3v) is 6.55. The molecule has 0 N–H and O–H groups in total. The molecule has 9 nitrogen and oxygen atoms in total. The number of anilines is 1. The lowest BCUT2D eigenvalue weighted by atomic mass is 10.0. The molecule has 1 unspecified atom stereocenters. The number of nitro benzene ring substituents is 1. The van der Waals surface area contributed by atoms with E-state index in [4.69, 9.17) is 4.74 Å². The van der Waals surface area contributed by atoms with E-state index in [1.807, 2.05) is 0 Å². The average Bonchev–Trinajstić information content (AvgIpc) is 3.00. The van der Waals surface area contributed by atoms with Gasteiger partial charge in [-0.15, -0.1) is 0 Å². The van der Waals surface area contributed by atoms with Gasteiger partial charge < -0.3 is 9.64 Å². The highest BCUT2D eigenvalue weighted by Gasteiger charge is 2.46. The van der Waals surface area contributed by atoms with Crippen molar-refractivity contribution in [3.63, 3.8) is 0 Å². The molecule has 0 spiro atoms. The van der Waals surface area contributed by atoms with Crippen molar-refractivity contribution in [2.24, 2.45) is 0 Å². The number of benzene rings is 2. The van der Waals surface area contributed by atoms with Crippen molar-refractivity contribution in [2.45, 2.75) is 57.0 Å². The van der Waals surface area contributed by atoms with Crippen LogP contribution in [0.3, 0.4) is 0 Å². The van der Waals surface area contributed by atoms with E-state index in [0.29, 0.717) is 11.4 Å². The topological polar surface area (TPSA) is 110 Å². The van der Waals surface area contributed by atoms with Gasteiger partial charge in [0.15, 0.2) is 0 Å². The first-order valence-electron chi connectivity index (χ1n) is 11.5. The van der Waals surface area contributed by atoms with Crippen LogP contribution in [-0.2, 0) is 9.59 Å². The summed E-state index contributed by atoms with van der Waals surface area (Å²) in [6.45, 7) is 0. The van der Waals surface area contributed by atoms with Crippen LogP contribution in [0.1, 0.15) is 55.3 Å². The van der Waals surface area contributed by atoms with Gasteiger partial charge in [0.1, 0.15) is 11.8 Å². The molecule has 1 heterocycles. The van der Waals surface area contributed by atoms with Crippen LogP contribution in [0, 0.1) is 10.1 Å². The Morgan fingerprint density at radius 2 is 1.74 bits per heavy atom. The smallest absolute Gasteiger partial charge is 0.270 e. The van der Waals surface area contributed by atoms with E-state index in [0.717, 1.165) is 43.4 Å². The fourth-order valence-electron chi connectivity index (χ4n) is 4.84. The predicted molar refractivity (Wildman–Crippen MR) is 125 cm³/mol. The van der Waals surface area contributed by atoms with Crippen LogP contribution < -0.4 is 9.64 Å². The maximum absolute atomic E-state index is 13.7. The molecule has 2 aromatic rings. The number of carbonyl (C=O) groups excluding carboxylic acids is 3. The highest BCUT2D eigenvalue weighted by molar-refractivity contribution is 6.23. The molecule has 1 atom stereocenters. The number of hydrogen-bond acceptors (Lipinski definition) is 6. The van der Waals surface area contributed by atoms with Crippen molar-refractivity contribution in [2.75, 3.05) is 12.0 Å². The molecular weight excluding hydrogens is 438 g/mol. The Morgan fingerprint density at radius 1 is 1.06 bits per heavy atom. The molecule has 1 aliphatic carbocycles. The molecule has 0 radical (unpaired) electrons. The quantitative estimate of drug-likeness (QED) is 0.275. The minimum atomic E-state index is -0.954. The molecule has 2 aromatic carbocycles. The second-order valence-electron chi connectivity index (χ2n) is 8.65. The van der Waals surface area contributed by atoms with Crippen LogP contribution in [0.15, 0.2) is 48.5 Å². The first kappa shape index (κ1) is 23.4. The van der Waals surface area contributed by atoms with Crippen LogP contribution in [-0.4, -0.2) is 46.7 Å². The van der Waals surface area contributed by atoms with E-state index in [1.165, 1.54) is 36.3 Å². The number of rotatable bonds is 6. The van der Waals surface area contributed by atoms with Crippen LogP contribution in [0.25, 0.3) is 0 Å². The van der Waals surface area contributed by atoms with Gasteiger partial charge in [0.25, 0.3) is 17.5 Å². The highest BCUT2D eigenvalue weighted by atomic mass is 16.6. The minimum absolute atomic E-state index is 0.123. The van der Waals surface area contributed by atoms with E-state index >= 15 is 0 Å². The van der Waals surface area contributed by atoms with Gasteiger partial charge in [0, 0.05) is 23.7 Å². The van der Waals surface area contributed by atoms with E-state index in [9.17, 15) is 24.5 Å². The molecule has 1 aliphatic heterocycles. The Labute approximate surface area is 197 Å². The summed E-state index contributed by atoms with van der Waals surface area (Å²) in [7, 11) is 1.53. The summed E-state index contributed by atoms with van der Waals surface area (Å²) in [5, 5.41) is 11.3. The molecule has 0 aromatic heterocycles. The van der Waals surface area contributed by atoms with E-state index in [-0.39, 0.29) is 29.6 Å². The number of imide groups is 1. The average molecular weight is 466 g/mol. The Bertz CT molecular complexity index is 1090. The number of carbonyl (C=O) groups is 3. The summed E-state index contributed by atoms with van der Waals surface area (Å²) in [6, 6.07) is 11.0. The van der Waals surface area contributed by atoms with Crippen molar-refractivity contribution >= 4 is 29.1 Å². The molecule has 1 saturated heterocycles. The molecule has 178 valence electrons. The lowest BCUT2D eigenvalue weighted by Crippen LogP contribution is -2.50. The highest BCUT2D eigenvalue weighted by Crippen LogP contribution is 2.32. The maximum Gasteiger partial charge on any atom is 0.270 e. The van der Waals surface area contributed by atoms with Gasteiger partial charge in [0.05, 0.1) is 24.1 Å². The molecule has 1 saturated carbocycles. The number of amides is 3. The van der Waals surface area contributed by atoms with Gasteiger partial charge >= 0.3 is 0 Å². The SMILES string of the molecule is COc1ccc(N2C(=O)CC(N(C(=O)c3cccc([N+](=O)[O-])c3)C3CCCCCC3)C2=O)cc1. The summed E-state index contributed by atoms with van der Waals surface area (Å²) in [5.74, 6) is -0.706. The normalized spacial score (nSPS) is 19.1. The molecule has 4 rings (SSSR count). The van der Waals surface area contributed by atoms with E-state index in [2.05, 4.69) is 0 Å². The number of methoxy groups -OCH3 is 1. The lowest BCUT2D eigenvalue weighted by molar-refractivity contribution is -0.384. The first-order chi connectivity index (χ1) is 16.4. The van der Waals surface area contributed by atoms with Crippen molar-refractivity contribution in [1.82, 2.24) is 4.90 Å². The standard InChI is InChI=1S/C25H27N3O6/c1-34-21-13-11-19(12-14-21)27-23(29)16-22(25(27)31)26(18-8-4-2-3-5-9-18)24(30)17-7-6-10-20(15-17)28(32)33/h6-7,10-15,18,22H,2-5,8-9,16H2,1H3. The van der Waals surface area contributed by atoms with Crippen LogP contribution in [0.4, 0.5) is 11.4 Å². The van der Waals surface area contributed by atoms with Crippen molar-refractivity contribution in [3.05, 3.63) is 64.2 Å². The van der Waals surface area contributed by atoms with Gasteiger partial charge in [0.2, 0.25) is 5.91 Å². The maximum atomic E-state index is 13.7. The molecule has 2 fully saturated rings. The Balaban J connectivity index is 1.69. The Morgan fingerprint density at radius 3 is 2.35 bits per heavy atom. The minimum Gasteiger partial charge on any atom is -0.497 e. The van der Waals surface area contributed by atoms with E-state index in [1.54, 1.807) is 24.3 Å². The van der Waals surface area contributed by atoms with E-state index < -0.39 is 22.8 Å². The summed E-state index contributed by atoms with van der Waals surface area (Å²) >= 11 is 0. The second-order valence-corrected chi connectivity index (χ2v) is 8.65. The number of non-ortho nitro benzene ring substituents is 1. The van der Waals surface area contributed by atoms with Crippen molar-refractivity contribution in [3.8, 4) is 5.75 Å². The van der Waals surface area contributed by atoms with Crippen LogP contribution in [0.2, 0.25) is 0 Å². The Hall–Kier alpha value is -3.75. The number of ether oxygens (including phenoxy) is 1. The summed E-state index contributed by atoms with van der Waals surface area (Å²) in [4.78, 5) is 53.5. The summed E-state index contributed by atoms with van der Waals surface area (Å²) in [5.41, 5.74) is 0.365.